The Balaban J connectivity index is 0. The summed E-state index contributed by atoms with van der Waals surface area (Å²) in [4.78, 5) is 8.58. The zero-order valence-corrected chi connectivity index (χ0v) is 18.4. The molecule has 0 saturated heterocycles. The van der Waals surface area contributed by atoms with E-state index in [1.165, 1.54) is 50.5 Å². The van der Waals surface area contributed by atoms with Crippen LogP contribution in [0.3, 0.4) is 0 Å². The minimum Gasteiger partial charge on any atom is -0.370 e. The molecule has 0 heterocycles. The van der Waals surface area contributed by atoms with Gasteiger partial charge in [-0.25, -0.2) is 4.99 Å². The van der Waals surface area contributed by atoms with Crippen molar-refractivity contribution in [2.45, 2.75) is 71.8 Å². The number of guanidine groups is 2. The summed E-state index contributed by atoms with van der Waals surface area (Å²) in [7, 11) is 0. The van der Waals surface area contributed by atoms with Crippen molar-refractivity contribution in [2.75, 3.05) is 6.54 Å². The quantitative estimate of drug-likeness (QED) is 0.277. The smallest absolute Gasteiger partial charge is 0.195 e. The van der Waals surface area contributed by atoms with Gasteiger partial charge in [-0.2, -0.15) is 0 Å². The van der Waals surface area contributed by atoms with Crippen molar-refractivity contribution in [3.05, 3.63) is 35.4 Å². The monoisotopic (exact) mass is 417 g/mol. The van der Waals surface area contributed by atoms with Crippen LogP contribution in [0, 0.1) is 6.92 Å². The minimum atomic E-state index is 0. The van der Waals surface area contributed by atoms with Gasteiger partial charge in [-0.3, -0.25) is 10.3 Å². The summed E-state index contributed by atoms with van der Waals surface area (Å²) in [6.45, 7) is 5.58. The summed E-state index contributed by atoms with van der Waals surface area (Å²) in [6.07, 6.45) is 10.3. The van der Waals surface area contributed by atoms with E-state index < -0.39 is 0 Å². The van der Waals surface area contributed by atoms with Gasteiger partial charge in [-0.15, -0.1) is 24.8 Å². The van der Waals surface area contributed by atoms with E-state index in [0.29, 0.717) is 18.5 Å². The number of aliphatic imine (C=N–C) groups is 2. The Labute approximate surface area is 177 Å². The van der Waals surface area contributed by atoms with Crippen LogP contribution in [0.25, 0.3) is 0 Å². The lowest BCUT2D eigenvalue weighted by Gasteiger charge is -2.05. The van der Waals surface area contributed by atoms with Gasteiger partial charge in [-0.1, -0.05) is 81.7 Å². The average molecular weight is 418 g/mol. The Morgan fingerprint density at radius 1 is 0.815 bits per heavy atom. The Hall–Kier alpha value is -1.46. The molecular weight excluding hydrogens is 381 g/mol. The van der Waals surface area contributed by atoms with E-state index in [-0.39, 0.29) is 24.8 Å². The molecule has 0 fully saturated rings. The van der Waals surface area contributed by atoms with Gasteiger partial charge >= 0.3 is 0 Å². The molecule has 0 aliphatic carbocycles. The van der Waals surface area contributed by atoms with E-state index in [1.807, 2.05) is 12.1 Å². The molecule has 0 aliphatic heterocycles. The summed E-state index contributed by atoms with van der Waals surface area (Å²) >= 11 is 0. The van der Waals surface area contributed by atoms with Crippen LogP contribution in [0.15, 0.2) is 34.3 Å². The highest BCUT2D eigenvalue weighted by Crippen LogP contribution is 2.08. The molecule has 7 heteroatoms. The SMILES string of the molecule is CCCCCCCCCCN=C(N)NC(N)=NCc1ccc(C)cc1.Cl.Cl. The van der Waals surface area contributed by atoms with Crippen LogP contribution in [0.5, 0.6) is 0 Å². The number of unbranched alkanes of at least 4 members (excludes halogenated alkanes) is 7. The van der Waals surface area contributed by atoms with Gasteiger partial charge < -0.3 is 11.5 Å². The largest absolute Gasteiger partial charge is 0.370 e. The predicted octanol–water partition coefficient (Wildman–Crippen LogP) is 4.70. The number of nitrogens with two attached hydrogens (primary N) is 2. The number of nitrogens with zero attached hydrogens (tertiary/aromatic N) is 2. The van der Waals surface area contributed by atoms with Gasteiger partial charge in [0.25, 0.3) is 0 Å². The number of benzene rings is 1. The van der Waals surface area contributed by atoms with Crippen molar-refractivity contribution in [3.63, 3.8) is 0 Å². The molecule has 1 aromatic carbocycles. The second-order valence-electron chi connectivity index (χ2n) is 6.55. The number of nitrogens with one attached hydrogen (secondary N) is 1. The maximum atomic E-state index is 5.84. The highest BCUT2D eigenvalue weighted by Gasteiger charge is 1.97. The van der Waals surface area contributed by atoms with Crippen molar-refractivity contribution >= 4 is 36.7 Å². The summed E-state index contributed by atoms with van der Waals surface area (Å²) in [5.74, 6) is 0.644. The molecule has 0 radical (unpaired) electrons. The third kappa shape index (κ3) is 15.3. The summed E-state index contributed by atoms with van der Waals surface area (Å²) in [6, 6.07) is 8.22. The number of rotatable bonds is 11. The highest BCUT2D eigenvalue weighted by molar-refractivity contribution is 5.97. The first-order valence-electron chi connectivity index (χ1n) is 9.54. The molecule has 0 aromatic heterocycles. The fourth-order valence-corrected chi connectivity index (χ4v) is 2.53. The van der Waals surface area contributed by atoms with Crippen LogP contribution in [0.2, 0.25) is 0 Å². The van der Waals surface area contributed by atoms with Crippen LogP contribution in [0.4, 0.5) is 0 Å². The zero-order valence-electron chi connectivity index (χ0n) is 16.7. The van der Waals surface area contributed by atoms with Crippen molar-refractivity contribution < 1.29 is 0 Å². The average Bonchev–Trinajstić information content (AvgIpc) is 2.60. The molecule has 0 spiro atoms. The molecule has 0 atom stereocenters. The molecule has 5 nitrogen and oxygen atoms in total. The normalized spacial score (nSPS) is 11.5. The Kier molecular flexibility index (Phi) is 18.4. The second-order valence-corrected chi connectivity index (χ2v) is 6.55. The Morgan fingerprint density at radius 2 is 1.33 bits per heavy atom. The molecule has 0 aliphatic rings. The molecule has 0 amide bonds. The standard InChI is InChI=1S/C20H35N5.2ClH/c1-3-4-5-6-7-8-9-10-15-23-19(21)25-20(22)24-16-18-13-11-17(2)12-14-18;;/h11-14H,3-10,15-16H2,1-2H3,(H5,21,22,23,24,25);2*1H. The number of hydrogen-bond donors (Lipinski definition) is 3. The van der Waals surface area contributed by atoms with Crippen molar-refractivity contribution in [3.8, 4) is 0 Å². The third-order valence-corrected chi connectivity index (χ3v) is 4.10. The van der Waals surface area contributed by atoms with Crippen LogP contribution in [-0.2, 0) is 6.54 Å². The molecule has 0 saturated carbocycles. The number of hydrogen-bond acceptors (Lipinski definition) is 2. The summed E-state index contributed by atoms with van der Waals surface area (Å²) in [5, 5.41) is 2.84. The number of aryl methyl sites for hydroxylation is 1. The van der Waals surface area contributed by atoms with E-state index in [0.717, 1.165) is 18.5 Å². The molecular formula is C20H37Cl2N5. The summed E-state index contributed by atoms with van der Waals surface area (Å²) in [5.41, 5.74) is 14.0. The number of halogens is 2. The lowest BCUT2D eigenvalue weighted by Crippen LogP contribution is -2.41. The molecule has 0 unspecified atom stereocenters. The topological polar surface area (TPSA) is 88.8 Å². The van der Waals surface area contributed by atoms with Gasteiger partial charge in [-0.05, 0) is 18.9 Å². The molecule has 1 rings (SSSR count). The maximum absolute atomic E-state index is 5.84. The Morgan fingerprint density at radius 3 is 1.93 bits per heavy atom. The van der Waals surface area contributed by atoms with Crippen LogP contribution < -0.4 is 16.8 Å². The molecule has 1 aromatic rings. The third-order valence-electron chi connectivity index (χ3n) is 4.10. The van der Waals surface area contributed by atoms with E-state index in [9.17, 15) is 0 Å². The van der Waals surface area contributed by atoms with Crippen molar-refractivity contribution in [1.82, 2.24) is 5.32 Å². The van der Waals surface area contributed by atoms with Crippen LogP contribution in [-0.4, -0.2) is 18.5 Å². The highest BCUT2D eigenvalue weighted by atomic mass is 35.5. The minimum absolute atomic E-state index is 0. The van der Waals surface area contributed by atoms with Gasteiger partial charge in [0.05, 0.1) is 6.54 Å². The van der Waals surface area contributed by atoms with Gasteiger partial charge in [0.2, 0.25) is 0 Å². The van der Waals surface area contributed by atoms with Crippen LogP contribution >= 0.6 is 24.8 Å². The van der Waals surface area contributed by atoms with Crippen LogP contribution in [0.1, 0.15) is 69.4 Å². The molecule has 5 N–H and O–H groups in total. The van der Waals surface area contributed by atoms with E-state index in [4.69, 9.17) is 11.5 Å². The molecule has 156 valence electrons. The first kappa shape index (κ1) is 27.8. The van der Waals surface area contributed by atoms with Crippen molar-refractivity contribution in [1.29, 1.82) is 0 Å². The van der Waals surface area contributed by atoms with Gasteiger partial charge in [0.15, 0.2) is 11.9 Å². The lowest BCUT2D eigenvalue weighted by molar-refractivity contribution is 0.578. The van der Waals surface area contributed by atoms with Gasteiger partial charge in [0.1, 0.15) is 0 Å². The van der Waals surface area contributed by atoms with Crippen molar-refractivity contribution in [2.24, 2.45) is 21.5 Å². The zero-order chi connectivity index (χ0) is 18.3. The molecule has 0 bridgehead atoms. The van der Waals surface area contributed by atoms with Gasteiger partial charge in [0, 0.05) is 6.54 Å². The fourth-order valence-electron chi connectivity index (χ4n) is 2.53. The predicted molar refractivity (Wildman–Crippen MR) is 123 cm³/mol. The summed E-state index contributed by atoms with van der Waals surface area (Å²) < 4.78 is 0. The first-order valence-corrected chi connectivity index (χ1v) is 9.54. The van der Waals surface area contributed by atoms with E-state index in [1.54, 1.807) is 0 Å². The maximum Gasteiger partial charge on any atom is 0.195 e. The molecule has 27 heavy (non-hydrogen) atoms. The second kappa shape index (κ2) is 17.9. The first-order chi connectivity index (χ1) is 12.1. The lowest BCUT2D eigenvalue weighted by atomic mass is 10.1. The Bertz CT molecular complexity index is 530. The van der Waals surface area contributed by atoms with E-state index >= 15 is 0 Å². The van der Waals surface area contributed by atoms with E-state index in [2.05, 4.69) is 41.3 Å². The fraction of sp³-hybridized carbons (Fsp3) is 0.600.